The number of methoxy groups -OCH3 is 3. The summed E-state index contributed by atoms with van der Waals surface area (Å²) in [6, 6.07) is 7.57. The molecule has 0 aliphatic heterocycles. The van der Waals surface area contributed by atoms with E-state index in [0.29, 0.717) is 28.4 Å². The van der Waals surface area contributed by atoms with Crippen LogP contribution in [0.1, 0.15) is 18.1 Å². The van der Waals surface area contributed by atoms with Crippen LogP contribution in [0.2, 0.25) is 0 Å². The second-order valence-corrected chi connectivity index (χ2v) is 6.31. The van der Waals surface area contributed by atoms with Gasteiger partial charge < -0.3 is 24.3 Å². The molecular formula is C22H24FNO6. The number of hydrogen-bond donors (Lipinski definition) is 1. The number of aryl methyl sites for hydroxylation is 1. The van der Waals surface area contributed by atoms with E-state index >= 15 is 0 Å². The van der Waals surface area contributed by atoms with Gasteiger partial charge in [0.1, 0.15) is 11.6 Å². The lowest BCUT2D eigenvalue weighted by molar-refractivity contribution is -0.148. The second-order valence-electron chi connectivity index (χ2n) is 6.31. The van der Waals surface area contributed by atoms with Gasteiger partial charge in [-0.1, -0.05) is 6.07 Å². The predicted octanol–water partition coefficient (Wildman–Crippen LogP) is 3.74. The van der Waals surface area contributed by atoms with E-state index in [1.54, 1.807) is 31.2 Å². The molecule has 7 nitrogen and oxygen atoms in total. The number of carbonyl (C=O) groups is 2. The number of rotatable bonds is 8. The van der Waals surface area contributed by atoms with Gasteiger partial charge in [0.2, 0.25) is 0 Å². The Morgan fingerprint density at radius 3 is 2.23 bits per heavy atom. The molecule has 2 aromatic rings. The van der Waals surface area contributed by atoms with Crippen molar-refractivity contribution in [3.05, 3.63) is 53.4 Å². The number of carbonyl (C=O) groups excluding carboxylic acids is 2. The quantitative estimate of drug-likeness (QED) is 0.520. The minimum Gasteiger partial charge on any atom is -0.496 e. The van der Waals surface area contributed by atoms with Crippen LogP contribution in [-0.2, 0) is 14.3 Å². The van der Waals surface area contributed by atoms with Crippen LogP contribution in [0.3, 0.4) is 0 Å². The van der Waals surface area contributed by atoms with Crippen LogP contribution in [-0.4, -0.2) is 39.3 Å². The highest BCUT2D eigenvalue weighted by atomic mass is 19.1. The predicted molar refractivity (Wildman–Crippen MR) is 110 cm³/mol. The zero-order valence-electron chi connectivity index (χ0n) is 17.4. The van der Waals surface area contributed by atoms with Crippen LogP contribution < -0.4 is 19.5 Å². The van der Waals surface area contributed by atoms with E-state index in [2.05, 4.69) is 5.32 Å². The molecule has 0 radical (unpaired) electrons. The first-order valence-corrected chi connectivity index (χ1v) is 9.04. The Labute approximate surface area is 174 Å². The van der Waals surface area contributed by atoms with Crippen molar-refractivity contribution < 1.29 is 32.9 Å². The summed E-state index contributed by atoms with van der Waals surface area (Å²) in [5.74, 6) is -0.349. The van der Waals surface area contributed by atoms with Crippen molar-refractivity contribution in [2.24, 2.45) is 0 Å². The van der Waals surface area contributed by atoms with Crippen LogP contribution in [0.25, 0.3) is 6.08 Å². The molecule has 8 heteroatoms. The molecule has 0 aromatic heterocycles. The maximum absolute atomic E-state index is 13.6. The highest BCUT2D eigenvalue weighted by molar-refractivity contribution is 5.96. The minimum absolute atomic E-state index is 0.275. The Bertz CT molecular complexity index is 957. The van der Waals surface area contributed by atoms with Crippen LogP contribution in [0.4, 0.5) is 10.1 Å². The van der Waals surface area contributed by atoms with Gasteiger partial charge in [-0.3, -0.25) is 4.79 Å². The van der Waals surface area contributed by atoms with E-state index in [1.807, 2.05) is 0 Å². The van der Waals surface area contributed by atoms with Gasteiger partial charge in [-0.2, -0.15) is 0 Å². The number of ether oxygens (including phenoxy) is 4. The molecule has 1 atom stereocenters. The van der Waals surface area contributed by atoms with E-state index in [1.165, 1.54) is 46.5 Å². The molecule has 0 saturated heterocycles. The molecule has 0 aliphatic carbocycles. The van der Waals surface area contributed by atoms with Gasteiger partial charge in [-0.05, 0) is 43.7 Å². The van der Waals surface area contributed by atoms with Crippen LogP contribution in [0, 0.1) is 12.7 Å². The molecule has 0 unspecified atom stereocenters. The van der Waals surface area contributed by atoms with E-state index in [4.69, 9.17) is 18.9 Å². The number of benzene rings is 2. The molecule has 2 aromatic carbocycles. The molecule has 0 spiro atoms. The number of hydrogen-bond acceptors (Lipinski definition) is 6. The maximum atomic E-state index is 13.6. The van der Waals surface area contributed by atoms with Gasteiger partial charge in [0, 0.05) is 23.4 Å². The number of halogens is 1. The van der Waals surface area contributed by atoms with E-state index in [-0.39, 0.29) is 5.69 Å². The normalized spacial score (nSPS) is 11.7. The minimum atomic E-state index is -1.08. The molecule has 0 heterocycles. The van der Waals surface area contributed by atoms with Gasteiger partial charge >= 0.3 is 5.97 Å². The third-order valence-electron chi connectivity index (χ3n) is 4.24. The summed E-state index contributed by atoms with van der Waals surface area (Å²) in [6.45, 7) is 3.04. The molecule has 0 bridgehead atoms. The Morgan fingerprint density at radius 1 is 1.00 bits per heavy atom. The second kappa shape index (κ2) is 10.3. The average Bonchev–Trinajstić information content (AvgIpc) is 2.73. The number of esters is 1. The van der Waals surface area contributed by atoms with Crippen LogP contribution in [0.15, 0.2) is 36.4 Å². The standard InChI is InChI=1S/C22H24FNO6/c1-13-6-8-16(11-17(13)23)24-22(26)14(2)30-21(25)9-7-15-10-19(28-4)20(29-5)12-18(15)27-3/h6-12,14H,1-5H3,(H,24,26)/b9-7+/t14-/m0/s1. The summed E-state index contributed by atoms with van der Waals surface area (Å²) < 4.78 is 34.4. The lowest BCUT2D eigenvalue weighted by Crippen LogP contribution is -2.29. The average molecular weight is 417 g/mol. The van der Waals surface area contributed by atoms with E-state index in [9.17, 15) is 14.0 Å². The van der Waals surface area contributed by atoms with Crippen molar-refractivity contribution in [2.45, 2.75) is 20.0 Å². The monoisotopic (exact) mass is 417 g/mol. The molecule has 2 rings (SSSR count). The highest BCUT2D eigenvalue weighted by Crippen LogP contribution is 2.35. The Hall–Kier alpha value is -3.55. The summed E-state index contributed by atoms with van der Waals surface area (Å²) in [4.78, 5) is 24.3. The number of nitrogens with one attached hydrogen (secondary N) is 1. The smallest absolute Gasteiger partial charge is 0.331 e. The lowest BCUT2D eigenvalue weighted by Gasteiger charge is -2.13. The van der Waals surface area contributed by atoms with Crippen molar-refractivity contribution >= 4 is 23.6 Å². The number of amides is 1. The molecular weight excluding hydrogens is 393 g/mol. The van der Waals surface area contributed by atoms with Crippen molar-refractivity contribution in [3.8, 4) is 17.2 Å². The van der Waals surface area contributed by atoms with Gasteiger partial charge in [-0.15, -0.1) is 0 Å². The summed E-state index contributed by atoms with van der Waals surface area (Å²) in [6.07, 6.45) is 1.56. The fourth-order valence-corrected chi connectivity index (χ4v) is 2.52. The SMILES string of the molecule is COc1cc(OC)c(OC)cc1/C=C/C(=O)O[C@@H](C)C(=O)Nc1ccc(C)c(F)c1. The summed E-state index contributed by atoms with van der Waals surface area (Å²) in [7, 11) is 4.48. The third kappa shape index (κ3) is 5.73. The molecule has 0 fully saturated rings. The van der Waals surface area contributed by atoms with Crippen LogP contribution >= 0.6 is 0 Å². The fraction of sp³-hybridized carbons (Fsp3) is 0.273. The first-order chi connectivity index (χ1) is 14.3. The van der Waals surface area contributed by atoms with Crippen molar-refractivity contribution in [2.75, 3.05) is 26.6 Å². The Morgan fingerprint density at radius 2 is 1.63 bits per heavy atom. The van der Waals surface area contributed by atoms with Gasteiger partial charge in [0.15, 0.2) is 17.6 Å². The third-order valence-corrected chi connectivity index (χ3v) is 4.24. The largest absolute Gasteiger partial charge is 0.496 e. The molecule has 30 heavy (non-hydrogen) atoms. The number of anilines is 1. The summed E-state index contributed by atoms with van der Waals surface area (Å²) in [5, 5.41) is 2.50. The highest BCUT2D eigenvalue weighted by Gasteiger charge is 2.17. The van der Waals surface area contributed by atoms with Crippen molar-refractivity contribution in [1.82, 2.24) is 0 Å². The van der Waals surface area contributed by atoms with Gasteiger partial charge in [0.05, 0.1) is 21.3 Å². The topological polar surface area (TPSA) is 83.1 Å². The fourth-order valence-electron chi connectivity index (χ4n) is 2.52. The maximum Gasteiger partial charge on any atom is 0.331 e. The Balaban J connectivity index is 2.04. The zero-order valence-corrected chi connectivity index (χ0v) is 17.4. The molecule has 0 saturated carbocycles. The van der Waals surface area contributed by atoms with E-state index in [0.717, 1.165) is 0 Å². The van der Waals surface area contributed by atoms with Gasteiger partial charge in [0.25, 0.3) is 5.91 Å². The van der Waals surface area contributed by atoms with E-state index < -0.39 is 23.8 Å². The first kappa shape index (κ1) is 22.7. The summed E-state index contributed by atoms with van der Waals surface area (Å²) in [5.41, 5.74) is 1.29. The molecule has 1 N–H and O–H groups in total. The van der Waals surface area contributed by atoms with Crippen molar-refractivity contribution in [1.29, 1.82) is 0 Å². The molecule has 160 valence electrons. The lowest BCUT2D eigenvalue weighted by atomic mass is 10.1. The summed E-state index contributed by atoms with van der Waals surface area (Å²) >= 11 is 0. The van der Waals surface area contributed by atoms with Crippen molar-refractivity contribution in [3.63, 3.8) is 0 Å². The zero-order chi connectivity index (χ0) is 22.3. The molecule has 1 amide bonds. The van der Waals surface area contributed by atoms with Gasteiger partial charge in [-0.25, -0.2) is 9.18 Å². The molecule has 0 aliphatic rings. The van der Waals surface area contributed by atoms with Crippen LogP contribution in [0.5, 0.6) is 17.2 Å². The Kier molecular flexibility index (Phi) is 7.80. The first-order valence-electron chi connectivity index (χ1n) is 9.04.